The van der Waals surface area contributed by atoms with Crippen molar-refractivity contribution in [3.05, 3.63) is 53.3 Å². The van der Waals surface area contributed by atoms with E-state index in [0.29, 0.717) is 6.54 Å². The summed E-state index contributed by atoms with van der Waals surface area (Å²) < 4.78 is 0. The third-order valence-electron chi connectivity index (χ3n) is 2.72. The van der Waals surface area contributed by atoms with Gasteiger partial charge in [-0.05, 0) is 36.6 Å². The second kappa shape index (κ2) is 4.45. The van der Waals surface area contributed by atoms with E-state index in [2.05, 4.69) is 43.1 Å². The SMILES string of the molecule is Cc1ccc(-c2cncc(CN)c2)c(C)c1. The molecule has 0 saturated heterocycles. The van der Waals surface area contributed by atoms with Crippen molar-refractivity contribution >= 4 is 0 Å². The summed E-state index contributed by atoms with van der Waals surface area (Å²) >= 11 is 0. The predicted octanol–water partition coefficient (Wildman–Crippen LogP) is 2.82. The number of hydrogen-bond donors (Lipinski definition) is 1. The zero-order valence-electron chi connectivity index (χ0n) is 9.70. The van der Waals surface area contributed by atoms with Gasteiger partial charge < -0.3 is 5.73 Å². The number of nitrogens with zero attached hydrogens (tertiary/aromatic N) is 1. The molecule has 2 aromatic rings. The lowest BCUT2D eigenvalue weighted by Gasteiger charge is -2.07. The van der Waals surface area contributed by atoms with Crippen LogP contribution in [-0.4, -0.2) is 4.98 Å². The molecule has 1 heterocycles. The Morgan fingerprint density at radius 2 is 1.94 bits per heavy atom. The van der Waals surface area contributed by atoms with Gasteiger partial charge in [0.25, 0.3) is 0 Å². The summed E-state index contributed by atoms with van der Waals surface area (Å²) in [5.74, 6) is 0. The van der Waals surface area contributed by atoms with Gasteiger partial charge in [0.2, 0.25) is 0 Å². The minimum Gasteiger partial charge on any atom is -0.326 e. The summed E-state index contributed by atoms with van der Waals surface area (Å²) in [6, 6.07) is 8.55. The highest BCUT2D eigenvalue weighted by Gasteiger charge is 2.03. The Kier molecular flexibility index (Phi) is 3.02. The Labute approximate surface area is 96.1 Å². The molecule has 2 heteroatoms. The number of pyridine rings is 1. The van der Waals surface area contributed by atoms with Crippen molar-refractivity contribution < 1.29 is 0 Å². The molecule has 82 valence electrons. The first-order chi connectivity index (χ1) is 7.70. The van der Waals surface area contributed by atoms with E-state index in [4.69, 9.17) is 5.73 Å². The monoisotopic (exact) mass is 212 g/mol. The normalized spacial score (nSPS) is 10.4. The second-order valence-electron chi connectivity index (χ2n) is 4.10. The van der Waals surface area contributed by atoms with Crippen molar-refractivity contribution in [3.63, 3.8) is 0 Å². The topological polar surface area (TPSA) is 38.9 Å². The highest BCUT2D eigenvalue weighted by Crippen LogP contribution is 2.24. The fourth-order valence-corrected chi connectivity index (χ4v) is 1.88. The first kappa shape index (κ1) is 10.8. The molecule has 0 aliphatic rings. The average Bonchev–Trinajstić information content (AvgIpc) is 2.29. The van der Waals surface area contributed by atoms with Crippen molar-refractivity contribution in [2.24, 2.45) is 5.73 Å². The second-order valence-corrected chi connectivity index (χ2v) is 4.10. The minimum absolute atomic E-state index is 0.533. The van der Waals surface area contributed by atoms with Crippen LogP contribution in [0, 0.1) is 13.8 Å². The van der Waals surface area contributed by atoms with Gasteiger partial charge in [0, 0.05) is 24.5 Å². The van der Waals surface area contributed by atoms with Gasteiger partial charge in [-0.3, -0.25) is 4.98 Å². The van der Waals surface area contributed by atoms with Crippen molar-refractivity contribution in [1.29, 1.82) is 0 Å². The van der Waals surface area contributed by atoms with Crippen LogP contribution in [-0.2, 0) is 6.54 Å². The third kappa shape index (κ3) is 2.12. The molecule has 2 nitrogen and oxygen atoms in total. The molecule has 0 saturated carbocycles. The Balaban J connectivity index is 2.49. The number of aryl methyl sites for hydroxylation is 2. The fraction of sp³-hybridized carbons (Fsp3) is 0.214. The highest BCUT2D eigenvalue weighted by molar-refractivity contribution is 5.67. The van der Waals surface area contributed by atoms with Gasteiger partial charge in [-0.25, -0.2) is 0 Å². The molecule has 0 radical (unpaired) electrons. The maximum atomic E-state index is 5.62. The first-order valence-corrected chi connectivity index (χ1v) is 5.42. The maximum Gasteiger partial charge on any atom is 0.0346 e. The van der Waals surface area contributed by atoms with Crippen molar-refractivity contribution in [1.82, 2.24) is 4.98 Å². The number of nitrogens with two attached hydrogens (primary N) is 1. The van der Waals surface area contributed by atoms with Crippen LogP contribution in [0.15, 0.2) is 36.7 Å². The Morgan fingerprint density at radius 3 is 2.62 bits per heavy atom. The molecule has 0 aliphatic carbocycles. The average molecular weight is 212 g/mol. The molecule has 0 fully saturated rings. The van der Waals surface area contributed by atoms with E-state index in [1.54, 1.807) is 0 Å². The largest absolute Gasteiger partial charge is 0.326 e. The molecule has 16 heavy (non-hydrogen) atoms. The smallest absolute Gasteiger partial charge is 0.0346 e. The van der Waals surface area contributed by atoms with E-state index >= 15 is 0 Å². The molecule has 1 aromatic carbocycles. The number of rotatable bonds is 2. The van der Waals surface area contributed by atoms with E-state index in [0.717, 1.165) is 11.1 Å². The summed E-state index contributed by atoms with van der Waals surface area (Å²) in [5.41, 5.74) is 11.6. The third-order valence-corrected chi connectivity index (χ3v) is 2.72. The van der Waals surface area contributed by atoms with Crippen molar-refractivity contribution in [3.8, 4) is 11.1 Å². The minimum atomic E-state index is 0.533. The molecule has 1 aromatic heterocycles. The van der Waals surface area contributed by atoms with Gasteiger partial charge in [0.05, 0.1) is 0 Å². The summed E-state index contributed by atoms with van der Waals surface area (Å²) in [7, 11) is 0. The van der Waals surface area contributed by atoms with E-state index in [1.165, 1.54) is 16.7 Å². The molecule has 0 spiro atoms. The van der Waals surface area contributed by atoms with Crippen LogP contribution in [0.4, 0.5) is 0 Å². The van der Waals surface area contributed by atoms with Gasteiger partial charge in [0.15, 0.2) is 0 Å². The quantitative estimate of drug-likeness (QED) is 0.831. The molecule has 0 amide bonds. The van der Waals surface area contributed by atoms with Crippen LogP contribution in [0.1, 0.15) is 16.7 Å². The molecule has 2 N–H and O–H groups in total. The first-order valence-electron chi connectivity index (χ1n) is 5.42. The maximum absolute atomic E-state index is 5.62. The molecule has 0 bridgehead atoms. The number of hydrogen-bond acceptors (Lipinski definition) is 2. The van der Waals surface area contributed by atoms with Crippen LogP contribution >= 0.6 is 0 Å². The molecular formula is C14H16N2. The lowest BCUT2D eigenvalue weighted by molar-refractivity contribution is 1.05. The zero-order valence-corrected chi connectivity index (χ0v) is 9.70. The van der Waals surface area contributed by atoms with Gasteiger partial charge in [-0.15, -0.1) is 0 Å². The lowest BCUT2D eigenvalue weighted by Crippen LogP contribution is -1.97. The Bertz CT molecular complexity index is 504. The van der Waals surface area contributed by atoms with Gasteiger partial charge in [-0.2, -0.15) is 0 Å². The van der Waals surface area contributed by atoms with E-state index in [-0.39, 0.29) is 0 Å². The Morgan fingerprint density at radius 1 is 1.12 bits per heavy atom. The van der Waals surface area contributed by atoms with E-state index < -0.39 is 0 Å². The van der Waals surface area contributed by atoms with Crippen LogP contribution in [0.3, 0.4) is 0 Å². The highest BCUT2D eigenvalue weighted by atomic mass is 14.6. The molecule has 0 atom stereocenters. The van der Waals surface area contributed by atoms with Crippen molar-refractivity contribution in [2.45, 2.75) is 20.4 Å². The van der Waals surface area contributed by atoms with Crippen LogP contribution in [0.5, 0.6) is 0 Å². The van der Waals surface area contributed by atoms with E-state index in [1.807, 2.05) is 12.4 Å². The summed E-state index contributed by atoms with van der Waals surface area (Å²) in [6.45, 7) is 4.76. The van der Waals surface area contributed by atoms with Gasteiger partial charge in [-0.1, -0.05) is 23.8 Å². The van der Waals surface area contributed by atoms with E-state index in [9.17, 15) is 0 Å². The summed E-state index contributed by atoms with van der Waals surface area (Å²) in [5, 5.41) is 0. The summed E-state index contributed by atoms with van der Waals surface area (Å²) in [6.07, 6.45) is 3.70. The Hall–Kier alpha value is -1.67. The number of benzene rings is 1. The van der Waals surface area contributed by atoms with Crippen LogP contribution in [0.2, 0.25) is 0 Å². The van der Waals surface area contributed by atoms with Crippen molar-refractivity contribution in [2.75, 3.05) is 0 Å². The van der Waals surface area contributed by atoms with Gasteiger partial charge >= 0.3 is 0 Å². The number of aromatic nitrogens is 1. The molecule has 2 rings (SSSR count). The molecule has 0 aliphatic heterocycles. The fourth-order valence-electron chi connectivity index (χ4n) is 1.88. The molecular weight excluding hydrogens is 196 g/mol. The van der Waals surface area contributed by atoms with Crippen LogP contribution < -0.4 is 5.73 Å². The predicted molar refractivity (Wildman–Crippen MR) is 67.0 cm³/mol. The summed E-state index contributed by atoms with van der Waals surface area (Å²) in [4.78, 5) is 4.22. The van der Waals surface area contributed by atoms with Crippen LogP contribution in [0.25, 0.3) is 11.1 Å². The molecule has 0 unspecified atom stereocenters. The lowest BCUT2D eigenvalue weighted by atomic mass is 9.99. The standard InChI is InChI=1S/C14H16N2/c1-10-3-4-14(11(2)5-10)13-6-12(7-15)8-16-9-13/h3-6,8-9H,7,15H2,1-2H3. The zero-order chi connectivity index (χ0) is 11.5. The van der Waals surface area contributed by atoms with Gasteiger partial charge in [0.1, 0.15) is 0 Å².